The van der Waals surface area contributed by atoms with Crippen molar-refractivity contribution in [3.05, 3.63) is 29.3 Å². The quantitative estimate of drug-likeness (QED) is 0.821. The van der Waals surface area contributed by atoms with Gasteiger partial charge in [0.2, 0.25) is 0 Å². The minimum Gasteiger partial charge on any atom is -0.349 e. The number of fused-ring (bicyclic) bond motifs is 2. The van der Waals surface area contributed by atoms with Crippen molar-refractivity contribution in [3.8, 4) is 0 Å². The highest BCUT2D eigenvalue weighted by Gasteiger charge is 2.61. The van der Waals surface area contributed by atoms with Gasteiger partial charge in [-0.2, -0.15) is 0 Å². The molecule has 0 heterocycles. The maximum Gasteiger partial charge on any atom is 0.251 e. The van der Waals surface area contributed by atoms with E-state index in [1.54, 1.807) is 11.8 Å². The van der Waals surface area contributed by atoms with E-state index in [1.807, 2.05) is 25.3 Å². The number of rotatable bonds is 3. The molecule has 0 radical (unpaired) electrons. The van der Waals surface area contributed by atoms with Gasteiger partial charge in [-0.1, -0.05) is 26.8 Å². The molecule has 0 spiro atoms. The SMILES string of the molecule is CSc1ccc(C)c(C(=O)NC2CC3CCC2(C)C3(C)C)c1. The summed E-state index contributed by atoms with van der Waals surface area (Å²) in [4.78, 5) is 13.9. The number of aryl methyl sites for hydroxylation is 1. The van der Waals surface area contributed by atoms with Crippen LogP contribution in [0.15, 0.2) is 23.1 Å². The number of nitrogens with one attached hydrogen (secondary N) is 1. The van der Waals surface area contributed by atoms with Crippen molar-refractivity contribution in [2.45, 2.75) is 57.9 Å². The Balaban J connectivity index is 1.82. The summed E-state index contributed by atoms with van der Waals surface area (Å²) >= 11 is 1.68. The first-order valence-corrected chi connectivity index (χ1v) is 9.47. The Morgan fingerprint density at radius 2 is 2.05 bits per heavy atom. The highest BCUT2D eigenvalue weighted by Crippen LogP contribution is 2.65. The molecule has 3 unspecified atom stereocenters. The zero-order valence-electron chi connectivity index (χ0n) is 14.3. The van der Waals surface area contributed by atoms with Crippen molar-refractivity contribution in [1.29, 1.82) is 0 Å². The fraction of sp³-hybridized carbons (Fsp3) is 0.632. The van der Waals surface area contributed by atoms with Crippen LogP contribution in [0.5, 0.6) is 0 Å². The lowest BCUT2D eigenvalue weighted by Crippen LogP contribution is -2.47. The topological polar surface area (TPSA) is 29.1 Å². The van der Waals surface area contributed by atoms with Crippen LogP contribution in [-0.4, -0.2) is 18.2 Å². The van der Waals surface area contributed by atoms with Gasteiger partial charge in [-0.05, 0) is 66.9 Å². The van der Waals surface area contributed by atoms with Crippen LogP contribution in [-0.2, 0) is 0 Å². The predicted octanol–water partition coefficient (Wildman–Crippen LogP) is 4.66. The highest BCUT2D eigenvalue weighted by molar-refractivity contribution is 7.98. The molecule has 0 aliphatic heterocycles. The first-order valence-electron chi connectivity index (χ1n) is 8.25. The Morgan fingerprint density at radius 3 is 2.59 bits per heavy atom. The molecule has 120 valence electrons. The van der Waals surface area contributed by atoms with Crippen molar-refractivity contribution in [2.24, 2.45) is 16.7 Å². The second-order valence-corrected chi connectivity index (χ2v) is 8.70. The first kappa shape index (κ1) is 15.9. The number of carbonyl (C=O) groups excluding carboxylic acids is 1. The van der Waals surface area contributed by atoms with E-state index in [2.05, 4.69) is 32.2 Å². The van der Waals surface area contributed by atoms with Crippen LogP contribution >= 0.6 is 11.8 Å². The Bertz CT molecular complexity index is 609. The third-order valence-electron chi connectivity index (χ3n) is 6.79. The number of benzene rings is 1. The van der Waals surface area contributed by atoms with E-state index in [1.165, 1.54) is 12.8 Å². The number of thioether (sulfide) groups is 1. The maximum absolute atomic E-state index is 12.8. The molecular weight excluding hydrogens is 290 g/mol. The predicted molar refractivity (Wildman–Crippen MR) is 93.4 cm³/mol. The summed E-state index contributed by atoms with van der Waals surface area (Å²) in [5.74, 6) is 0.851. The molecule has 2 bridgehead atoms. The van der Waals surface area contributed by atoms with Crippen LogP contribution in [0.1, 0.15) is 56.0 Å². The second kappa shape index (κ2) is 5.30. The molecule has 2 fully saturated rings. The van der Waals surface area contributed by atoms with E-state index in [9.17, 15) is 4.79 Å². The van der Waals surface area contributed by atoms with E-state index in [-0.39, 0.29) is 11.3 Å². The summed E-state index contributed by atoms with van der Waals surface area (Å²) in [6.07, 6.45) is 5.73. The van der Waals surface area contributed by atoms with E-state index < -0.39 is 0 Å². The molecule has 3 rings (SSSR count). The molecule has 22 heavy (non-hydrogen) atoms. The van der Waals surface area contributed by atoms with Crippen LogP contribution in [0.2, 0.25) is 0 Å². The zero-order chi connectivity index (χ0) is 16.1. The van der Waals surface area contributed by atoms with Crippen LogP contribution in [0.25, 0.3) is 0 Å². The van der Waals surface area contributed by atoms with Gasteiger partial charge in [0, 0.05) is 16.5 Å². The molecule has 2 aliphatic rings. The van der Waals surface area contributed by atoms with Crippen molar-refractivity contribution in [3.63, 3.8) is 0 Å². The summed E-state index contributed by atoms with van der Waals surface area (Å²) < 4.78 is 0. The largest absolute Gasteiger partial charge is 0.349 e. The summed E-state index contributed by atoms with van der Waals surface area (Å²) in [6, 6.07) is 6.47. The van der Waals surface area contributed by atoms with Crippen LogP contribution in [0.3, 0.4) is 0 Å². The van der Waals surface area contributed by atoms with Gasteiger partial charge in [0.15, 0.2) is 0 Å². The smallest absolute Gasteiger partial charge is 0.251 e. The lowest BCUT2D eigenvalue weighted by Gasteiger charge is -2.39. The van der Waals surface area contributed by atoms with Gasteiger partial charge >= 0.3 is 0 Å². The molecule has 1 aromatic rings. The van der Waals surface area contributed by atoms with E-state index in [0.717, 1.165) is 28.4 Å². The molecule has 3 atom stereocenters. The lowest BCUT2D eigenvalue weighted by molar-refractivity contribution is 0.0825. The highest BCUT2D eigenvalue weighted by atomic mass is 32.2. The van der Waals surface area contributed by atoms with Gasteiger partial charge in [0.05, 0.1) is 0 Å². The second-order valence-electron chi connectivity index (χ2n) is 7.82. The number of amides is 1. The summed E-state index contributed by atoms with van der Waals surface area (Å²) in [6.45, 7) is 9.16. The van der Waals surface area contributed by atoms with Crippen LogP contribution in [0, 0.1) is 23.7 Å². The number of carbonyl (C=O) groups is 1. The molecule has 1 aromatic carbocycles. The normalized spacial score (nSPS) is 32.2. The fourth-order valence-electron chi connectivity index (χ4n) is 4.63. The minimum atomic E-state index is 0.1000. The fourth-order valence-corrected chi connectivity index (χ4v) is 5.07. The van der Waals surface area contributed by atoms with Crippen molar-refractivity contribution < 1.29 is 4.79 Å². The molecule has 0 saturated heterocycles. The van der Waals surface area contributed by atoms with Gasteiger partial charge in [0.25, 0.3) is 5.91 Å². The molecule has 0 aromatic heterocycles. The summed E-state index contributed by atoms with van der Waals surface area (Å²) in [7, 11) is 0. The van der Waals surface area contributed by atoms with Crippen LogP contribution < -0.4 is 5.32 Å². The maximum atomic E-state index is 12.8. The Hall–Kier alpha value is -0.960. The third-order valence-corrected chi connectivity index (χ3v) is 7.51. The molecule has 2 aliphatic carbocycles. The monoisotopic (exact) mass is 317 g/mol. The first-order chi connectivity index (χ1) is 10.3. The van der Waals surface area contributed by atoms with Crippen molar-refractivity contribution >= 4 is 17.7 Å². The van der Waals surface area contributed by atoms with Gasteiger partial charge in [-0.3, -0.25) is 4.79 Å². The van der Waals surface area contributed by atoms with Crippen molar-refractivity contribution in [2.75, 3.05) is 6.26 Å². The number of hydrogen-bond donors (Lipinski definition) is 1. The Morgan fingerprint density at radius 1 is 1.32 bits per heavy atom. The van der Waals surface area contributed by atoms with Gasteiger partial charge in [-0.25, -0.2) is 0 Å². The van der Waals surface area contributed by atoms with Crippen molar-refractivity contribution in [1.82, 2.24) is 5.32 Å². The van der Waals surface area contributed by atoms with Crippen LogP contribution in [0.4, 0.5) is 0 Å². The van der Waals surface area contributed by atoms with Gasteiger partial charge in [-0.15, -0.1) is 11.8 Å². The molecule has 1 N–H and O–H groups in total. The molecule has 2 saturated carbocycles. The summed E-state index contributed by atoms with van der Waals surface area (Å²) in [5, 5.41) is 3.37. The van der Waals surface area contributed by atoms with Gasteiger partial charge < -0.3 is 5.32 Å². The zero-order valence-corrected chi connectivity index (χ0v) is 15.1. The van der Waals surface area contributed by atoms with Gasteiger partial charge in [0.1, 0.15) is 0 Å². The lowest BCUT2D eigenvalue weighted by atomic mass is 9.69. The minimum absolute atomic E-state index is 0.1000. The van der Waals surface area contributed by atoms with E-state index in [0.29, 0.717) is 11.5 Å². The average molecular weight is 317 g/mol. The molecule has 1 amide bonds. The molecule has 3 heteroatoms. The summed E-state index contributed by atoms with van der Waals surface area (Å²) in [5.41, 5.74) is 2.46. The molecule has 2 nitrogen and oxygen atoms in total. The Kier molecular flexibility index (Phi) is 3.83. The average Bonchev–Trinajstić information content (AvgIpc) is 2.81. The standard InChI is InChI=1S/C19H27NOS/c1-12-6-7-14(22-5)11-15(12)17(21)20-16-10-13-8-9-19(16,4)18(13,2)3/h6-7,11,13,16H,8-10H2,1-5H3,(H,20,21). The third kappa shape index (κ3) is 2.20. The number of hydrogen-bond acceptors (Lipinski definition) is 2. The van der Waals surface area contributed by atoms with E-state index in [4.69, 9.17) is 0 Å². The Labute approximate surface area is 138 Å². The molecular formula is C19H27NOS. The van der Waals surface area contributed by atoms with E-state index >= 15 is 0 Å².